The molecule has 90 valence electrons. The average molecular weight is 251 g/mol. The summed E-state index contributed by atoms with van der Waals surface area (Å²) in [4.78, 5) is 4.55. The number of rotatable bonds is 2. The van der Waals surface area contributed by atoms with Crippen molar-refractivity contribution in [3.8, 4) is 0 Å². The molecule has 1 aromatic heterocycles. The van der Waals surface area contributed by atoms with Crippen LogP contribution in [0.2, 0.25) is 5.02 Å². The number of halogens is 1. The molecule has 1 saturated carbocycles. The zero-order valence-corrected chi connectivity index (χ0v) is 10.3. The summed E-state index contributed by atoms with van der Waals surface area (Å²) in [5, 5.41) is 0.694. The summed E-state index contributed by atoms with van der Waals surface area (Å²) in [6, 6.07) is 5.55. The van der Waals surface area contributed by atoms with Crippen molar-refractivity contribution >= 4 is 22.7 Å². The fourth-order valence-corrected chi connectivity index (χ4v) is 2.89. The summed E-state index contributed by atoms with van der Waals surface area (Å²) in [6.07, 6.45) is 3.52. The quantitative estimate of drug-likeness (QED) is 0.890. The van der Waals surface area contributed by atoms with Gasteiger partial charge in [-0.1, -0.05) is 18.0 Å². The molecule has 4 heteroatoms. The fraction of sp³-hybridized carbons (Fsp3) is 0.462. The van der Waals surface area contributed by atoms with Crippen LogP contribution in [0.5, 0.6) is 0 Å². The van der Waals surface area contributed by atoms with Crippen molar-refractivity contribution in [2.45, 2.75) is 25.2 Å². The van der Waals surface area contributed by atoms with Crippen LogP contribution in [-0.2, 0) is 0 Å². The topological polar surface area (TPSA) is 52.0 Å². The molecule has 2 atom stereocenters. The van der Waals surface area contributed by atoms with Crippen LogP contribution < -0.4 is 5.73 Å². The smallest absolute Gasteiger partial charge is 0.198 e. The first kappa shape index (κ1) is 11.1. The van der Waals surface area contributed by atoms with Crippen LogP contribution in [0.15, 0.2) is 22.6 Å². The standard InChI is InChI=1S/C13H15ClN2O/c14-9-4-5-12-11(6-9)16-13(17-12)10-3-1-2-8(10)7-15/h4-6,8,10H,1-3,7,15H2. The zero-order valence-electron chi connectivity index (χ0n) is 9.53. The summed E-state index contributed by atoms with van der Waals surface area (Å²) in [5.41, 5.74) is 7.44. The van der Waals surface area contributed by atoms with Crippen molar-refractivity contribution in [3.63, 3.8) is 0 Å². The van der Waals surface area contributed by atoms with Crippen LogP contribution in [0.3, 0.4) is 0 Å². The second-order valence-corrected chi connectivity index (χ2v) is 5.13. The molecule has 1 aliphatic carbocycles. The van der Waals surface area contributed by atoms with Crippen LogP contribution in [0.25, 0.3) is 11.1 Å². The summed E-state index contributed by atoms with van der Waals surface area (Å²) >= 11 is 5.94. The van der Waals surface area contributed by atoms with Crippen molar-refractivity contribution in [1.29, 1.82) is 0 Å². The number of hydrogen-bond acceptors (Lipinski definition) is 3. The predicted octanol–water partition coefficient (Wildman–Crippen LogP) is 3.32. The van der Waals surface area contributed by atoms with E-state index in [1.54, 1.807) is 0 Å². The maximum Gasteiger partial charge on any atom is 0.198 e. The molecule has 3 rings (SSSR count). The Kier molecular flexibility index (Phi) is 2.81. The van der Waals surface area contributed by atoms with E-state index >= 15 is 0 Å². The monoisotopic (exact) mass is 250 g/mol. The van der Waals surface area contributed by atoms with Crippen molar-refractivity contribution in [1.82, 2.24) is 4.98 Å². The summed E-state index contributed by atoms with van der Waals surface area (Å²) in [6.45, 7) is 0.712. The van der Waals surface area contributed by atoms with Gasteiger partial charge in [-0.2, -0.15) is 0 Å². The minimum absolute atomic E-state index is 0.381. The zero-order chi connectivity index (χ0) is 11.8. The number of oxazole rings is 1. The van der Waals surface area contributed by atoms with Gasteiger partial charge < -0.3 is 10.2 Å². The molecule has 0 bridgehead atoms. The van der Waals surface area contributed by atoms with Gasteiger partial charge in [0.15, 0.2) is 11.5 Å². The molecule has 3 nitrogen and oxygen atoms in total. The molecule has 1 heterocycles. The van der Waals surface area contributed by atoms with Crippen LogP contribution in [0.1, 0.15) is 31.1 Å². The Bertz CT molecular complexity index is 537. The summed E-state index contributed by atoms with van der Waals surface area (Å²) in [7, 11) is 0. The third kappa shape index (κ3) is 1.94. The Hall–Kier alpha value is -1.06. The Morgan fingerprint density at radius 2 is 2.29 bits per heavy atom. The lowest BCUT2D eigenvalue weighted by Gasteiger charge is -2.13. The van der Waals surface area contributed by atoms with Gasteiger partial charge in [-0.05, 0) is 43.5 Å². The highest BCUT2D eigenvalue weighted by Gasteiger charge is 2.31. The number of nitrogens with two attached hydrogens (primary N) is 1. The average Bonchev–Trinajstić information content (AvgIpc) is 2.93. The molecule has 1 aliphatic rings. The second-order valence-electron chi connectivity index (χ2n) is 4.70. The Labute approximate surface area is 105 Å². The molecule has 17 heavy (non-hydrogen) atoms. The molecule has 0 saturated heterocycles. The molecule has 0 radical (unpaired) electrons. The van der Waals surface area contributed by atoms with Gasteiger partial charge in [-0.25, -0.2) is 4.98 Å². The van der Waals surface area contributed by atoms with Crippen molar-refractivity contribution in [2.75, 3.05) is 6.54 Å². The molecular weight excluding hydrogens is 236 g/mol. The van der Waals surface area contributed by atoms with E-state index in [0.29, 0.717) is 23.4 Å². The minimum atomic E-state index is 0.381. The minimum Gasteiger partial charge on any atom is -0.440 e. The number of aromatic nitrogens is 1. The molecule has 2 aromatic rings. The number of nitrogens with zero attached hydrogens (tertiary/aromatic N) is 1. The maximum atomic E-state index is 5.94. The third-order valence-electron chi connectivity index (χ3n) is 3.65. The van der Waals surface area contributed by atoms with Gasteiger partial charge >= 0.3 is 0 Å². The molecular formula is C13H15ClN2O. The highest BCUT2D eigenvalue weighted by molar-refractivity contribution is 6.31. The Morgan fingerprint density at radius 3 is 3.12 bits per heavy atom. The lowest BCUT2D eigenvalue weighted by atomic mass is 9.96. The second kappa shape index (κ2) is 4.31. The highest BCUT2D eigenvalue weighted by Crippen LogP contribution is 2.39. The molecule has 0 aliphatic heterocycles. The van der Waals surface area contributed by atoms with Crippen molar-refractivity contribution in [3.05, 3.63) is 29.1 Å². The first-order valence-corrected chi connectivity index (χ1v) is 6.42. The van der Waals surface area contributed by atoms with E-state index in [1.807, 2.05) is 18.2 Å². The predicted molar refractivity (Wildman–Crippen MR) is 68.2 cm³/mol. The summed E-state index contributed by atoms with van der Waals surface area (Å²) < 4.78 is 5.81. The summed E-state index contributed by atoms with van der Waals surface area (Å²) in [5.74, 6) is 1.72. The van der Waals surface area contributed by atoms with Crippen LogP contribution >= 0.6 is 11.6 Å². The first-order valence-electron chi connectivity index (χ1n) is 6.04. The van der Waals surface area contributed by atoms with Crippen LogP contribution in [0.4, 0.5) is 0 Å². The highest BCUT2D eigenvalue weighted by atomic mass is 35.5. The van der Waals surface area contributed by atoms with Crippen LogP contribution in [-0.4, -0.2) is 11.5 Å². The van der Waals surface area contributed by atoms with E-state index in [2.05, 4.69) is 4.98 Å². The molecule has 1 aromatic carbocycles. The number of hydrogen-bond donors (Lipinski definition) is 1. The van der Waals surface area contributed by atoms with Crippen molar-refractivity contribution in [2.24, 2.45) is 11.7 Å². The largest absolute Gasteiger partial charge is 0.440 e. The molecule has 2 unspecified atom stereocenters. The van der Waals surface area contributed by atoms with Gasteiger partial charge in [0.05, 0.1) is 0 Å². The Morgan fingerprint density at radius 1 is 1.41 bits per heavy atom. The number of benzene rings is 1. The maximum absolute atomic E-state index is 5.94. The third-order valence-corrected chi connectivity index (χ3v) is 3.88. The van der Waals surface area contributed by atoms with Gasteiger partial charge in [0.25, 0.3) is 0 Å². The van der Waals surface area contributed by atoms with Gasteiger partial charge in [0.2, 0.25) is 0 Å². The normalized spacial score (nSPS) is 24.6. The lowest BCUT2D eigenvalue weighted by molar-refractivity contribution is 0.401. The van der Waals surface area contributed by atoms with E-state index in [9.17, 15) is 0 Å². The van der Waals surface area contributed by atoms with E-state index in [-0.39, 0.29) is 0 Å². The number of fused-ring (bicyclic) bond motifs is 1. The van der Waals surface area contributed by atoms with E-state index in [4.69, 9.17) is 21.8 Å². The van der Waals surface area contributed by atoms with Gasteiger partial charge in [-0.3, -0.25) is 0 Å². The molecule has 0 amide bonds. The van der Waals surface area contributed by atoms with E-state index < -0.39 is 0 Å². The van der Waals surface area contributed by atoms with E-state index in [1.165, 1.54) is 12.8 Å². The molecule has 2 N–H and O–H groups in total. The van der Waals surface area contributed by atoms with Crippen molar-refractivity contribution < 1.29 is 4.42 Å². The molecule has 0 spiro atoms. The lowest BCUT2D eigenvalue weighted by Crippen LogP contribution is -2.17. The Balaban J connectivity index is 2.00. The fourth-order valence-electron chi connectivity index (χ4n) is 2.72. The SMILES string of the molecule is NCC1CCCC1c1nc2cc(Cl)ccc2o1. The van der Waals surface area contributed by atoms with Gasteiger partial charge in [-0.15, -0.1) is 0 Å². The van der Waals surface area contributed by atoms with Gasteiger partial charge in [0, 0.05) is 10.9 Å². The molecule has 1 fully saturated rings. The first-order chi connectivity index (χ1) is 8.28. The van der Waals surface area contributed by atoms with Crippen LogP contribution in [0, 0.1) is 5.92 Å². The van der Waals surface area contributed by atoms with Gasteiger partial charge in [0.1, 0.15) is 5.52 Å². The van der Waals surface area contributed by atoms with E-state index in [0.717, 1.165) is 23.4 Å².